The fourth-order valence-electron chi connectivity index (χ4n) is 2.27. The van der Waals surface area contributed by atoms with E-state index >= 15 is 0 Å². The van der Waals surface area contributed by atoms with E-state index < -0.39 is 0 Å². The summed E-state index contributed by atoms with van der Waals surface area (Å²) in [7, 11) is 0. The Labute approximate surface area is 112 Å². The molecule has 1 fully saturated rings. The zero-order valence-corrected chi connectivity index (χ0v) is 12.2. The van der Waals surface area contributed by atoms with Crippen molar-refractivity contribution in [2.45, 2.75) is 46.1 Å². The van der Waals surface area contributed by atoms with Gasteiger partial charge in [0.15, 0.2) is 0 Å². The third kappa shape index (κ3) is 5.36. The predicted octanol–water partition coefficient (Wildman–Crippen LogP) is 1.32. The van der Waals surface area contributed by atoms with Gasteiger partial charge in [-0.15, -0.1) is 0 Å². The first-order chi connectivity index (χ1) is 8.65. The maximum atomic E-state index is 12.2. The molecule has 4 heteroatoms. The van der Waals surface area contributed by atoms with Crippen LogP contribution in [0.15, 0.2) is 0 Å². The van der Waals surface area contributed by atoms with Crippen LogP contribution in [-0.4, -0.2) is 61.0 Å². The van der Waals surface area contributed by atoms with Crippen LogP contribution in [0.25, 0.3) is 0 Å². The zero-order valence-electron chi connectivity index (χ0n) is 12.2. The fraction of sp³-hybridized carbons (Fsp3) is 0.929. The van der Waals surface area contributed by atoms with Gasteiger partial charge in [-0.1, -0.05) is 19.8 Å². The molecule has 1 aliphatic rings. The van der Waals surface area contributed by atoms with E-state index in [9.17, 15) is 4.79 Å². The minimum absolute atomic E-state index is 0.293. The monoisotopic (exact) mass is 255 g/mol. The Hall–Kier alpha value is -0.610. The number of amides is 1. The number of unbranched alkanes of at least 4 members (excludes halogenated alkanes) is 2. The molecule has 1 amide bonds. The van der Waals surface area contributed by atoms with Gasteiger partial charge >= 0.3 is 0 Å². The number of carbonyl (C=O) groups is 1. The largest absolute Gasteiger partial charge is 0.339 e. The molecular formula is C14H29N3O. The molecule has 0 aromatic rings. The van der Waals surface area contributed by atoms with Crippen LogP contribution in [0.5, 0.6) is 0 Å². The van der Waals surface area contributed by atoms with Crippen LogP contribution in [0.1, 0.15) is 40.0 Å². The number of rotatable bonds is 7. The highest BCUT2D eigenvalue weighted by Crippen LogP contribution is 2.05. The summed E-state index contributed by atoms with van der Waals surface area (Å²) in [4.78, 5) is 16.5. The lowest BCUT2D eigenvalue weighted by Gasteiger charge is -2.32. The molecule has 0 bridgehead atoms. The van der Waals surface area contributed by atoms with Crippen LogP contribution < -0.4 is 5.32 Å². The number of nitrogens with one attached hydrogen (secondary N) is 1. The van der Waals surface area contributed by atoms with Crippen LogP contribution in [0.2, 0.25) is 0 Å². The average molecular weight is 255 g/mol. The van der Waals surface area contributed by atoms with Gasteiger partial charge in [0.2, 0.25) is 5.91 Å². The van der Waals surface area contributed by atoms with E-state index in [2.05, 4.69) is 31.0 Å². The summed E-state index contributed by atoms with van der Waals surface area (Å²) in [6.07, 6.45) is 3.69. The fourth-order valence-corrected chi connectivity index (χ4v) is 2.27. The third-order valence-electron chi connectivity index (χ3n) is 3.59. The molecule has 1 saturated heterocycles. The van der Waals surface area contributed by atoms with Crippen molar-refractivity contribution >= 4 is 5.91 Å². The van der Waals surface area contributed by atoms with Crippen LogP contribution in [0.3, 0.4) is 0 Å². The lowest BCUT2D eigenvalue weighted by molar-refractivity contribution is -0.133. The van der Waals surface area contributed by atoms with Gasteiger partial charge in [0, 0.05) is 32.2 Å². The third-order valence-corrected chi connectivity index (χ3v) is 3.59. The van der Waals surface area contributed by atoms with Crippen molar-refractivity contribution in [3.63, 3.8) is 0 Å². The van der Waals surface area contributed by atoms with E-state index in [0.29, 0.717) is 18.5 Å². The molecule has 0 spiro atoms. The number of hydrogen-bond acceptors (Lipinski definition) is 3. The van der Waals surface area contributed by atoms with Gasteiger partial charge in [0.05, 0.1) is 6.54 Å². The molecule has 0 saturated carbocycles. The molecule has 1 aliphatic heterocycles. The normalized spacial score (nSPS) is 16.6. The smallest absolute Gasteiger partial charge is 0.236 e. The Morgan fingerprint density at radius 2 is 1.94 bits per heavy atom. The number of piperazine rings is 1. The summed E-state index contributed by atoms with van der Waals surface area (Å²) in [6.45, 7) is 11.8. The van der Waals surface area contributed by atoms with E-state index in [4.69, 9.17) is 0 Å². The van der Waals surface area contributed by atoms with Gasteiger partial charge in [-0.05, 0) is 26.8 Å². The molecule has 18 heavy (non-hydrogen) atoms. The minimum Gasteiger partial charge on any atom is -0.339 e. The summed E-state index contributed by atoms with van der Waals surface area (Å²) >= 11 is 0. The van der Waals surface area contributed by atoms with Crippen LogP contribution in [-0.2, 0) is 4.79 Å². The molecule has 1 heterocycles. The molecule has 0 atom stereocenters. The van der Waals surface area contributed by atoms with E-state index in [1.807, 2.05) is 4.90 Å². The second-order valence-electron chi connectivity index (χ2n) is 5.40. The van der Waals surface area contributed by atoms with Crippen molar-refractivity contribution in [3.05, 3.63) is 0 Å². The Kier molecular flexibility index (Phi) is 7.28. The summed E-state index contributed by atoms with van der Waals surface area (Å²) in [5, 5.41) is 3.28. The highest BCUT2D eigenvalue weighted by atomic mass is 16.2. The van der Waals surface area contributed by atoms with E-state index in [-0.39, 0.29) is 0 Å². The van der Waals surface area contributed by atoms with Crippen LogP contribution in [0, 0.1) is 0 Å². The van der Waals surface area contributed by atoms with Crippen molar-refractivity contribution in [2.75, 3.05) is 39.3 Å². The maximum Gasteiger partial charge on any atom is 0.236 e. The summed E-state index contributed by atoms with van der Waals surface area (Å²) in [5.74, 6) is 0.293. The molecule has 0 unspecified atom stereocenters. The van der Waals surface area contributed by atoms with Crippen molar-refractivity contribution in [1.82, 2.24) is 15.1 Å². The zero-order chi connectivity index (χ0) is 13.4. The second kappa shape index (κ2) is 8.48. The molecule has 0 aliphatic carbocycles. The maximum absolute atomic E-state index is 12.2. The number of nitrogens with zero attached hydrogens (tertiary/aromatic N) is 2. The first kappa shape index (κ1) is 15.4. The van der Waals surface area contributed by atoms with Crippen molar-refractivity contribution in [1.29, 1.82) is 0 Å². The van der Waals surface area contributed by atoms with Crippen LogP contribution >= 0.6 is 0 Å². The lowest BCUT2D eigenvalue weighted by Crippen LogP contribution is -2.50. The Morgan fingerprint density at radius 3 is 2.50 bits per heavy atom. The van der Waals surface area contributed by atoms with E-state index in [0.717, 1.165) is 32.7 Å². The summed E-state index contributed by atoms with van der Waals surface area (Å²) in [6, 6.07) is 0.453. The molecular weight excluding hydrogens is 226 g/mol. The first-order valence-corrected chi connectivity index (χ1v) is 7.37. The van der Waals surface area contributed by atoms with Crippen molar-refractivity contribution in [2.24, 2.45) is 0 Å². The predicted molar refractivity (Wildman–Crippen MR) is 75.7 cm³/mol. The van der Waals surface area contributed by atoms with Gasteiger partial charge < -0.3 is 10.2 Å². The Balaban J connectivity index is 2.36. The van der Waals surface area contributed by atoms with Gasteiger partial charge in [-0.25, -0.2) is 0 Å². The van der Waals surface area contributed by atoms with E-state index in [1.165, 1.54) is 19.3 Å². The molecule has 1 rings (SSSR count). The molecule has 106 valence electrons. The molecule has 1 N–H and O–H groups in total. The van der Waals surface area contributed by atoms with Gasteiger partial charge in [0.1, 0.15) is 0 Å². The molecule has 0 radical (unpaired) electrons. The quantitative estimate of drug-likeness (QED) is 0.697. The molecule has 0 aromatic heterocycles. The Bertz CT molecular complexity index is 237. The van der Waals surface area contributed by atoms with Crippen molar-refractivity contribution in [3.8, 4) is 0 Å². The second-order valence-corrected chi connectivity index (χ2v) is 5.40. The standard InChI is InChI=1S/C14H29N3O/c1-4-5-6-9-17(13(2)3)12-14(18)16-10-7-15-8-11-16/h13,15H,4-12H2,1-3H3. The SMILES string of the molecule is CCCCCN(CC(=O)N1CCNCC1)C(C)C. The highest BCUT2D eigenvalue weighted by molar-refractivity contribution is 5.78. The molecule has 0 aromatic carbocycles. The van der Waals surface area contributed by atoms with Gasteiger partial charge in [-0.2, -0.15) is 0 Å². The Morgan fingerprint density at radius 1 is 1.28 bits per heavy atom. The lowest BCUT2D eigenvalue weighted by atomic mass is 10.2. The van der Waals surface area contributed by atoms with Gasteiger partial charge in [-0.3, -0.25) is 9.69 Å². The molecule has 4 nitrogen and oxygen atoms in total. The van der Waals surface area contributed by atoms with E-state index in [1.54, 1.807) is 0 Å². The summed E-state index contributed by atoms with van der Waals surface area (Å²) < 4.78 is 0. The van der Waals surface area contributed by atoms with Crippen LogP contribution in [0.4, 0.5) is 0 Å². The average Bonchev–Trinajstić information content (AvgIpc) is 2.38. The topological polar surface area (TPSA) is 35.6 Å². The number of hydrogen-bond donors (Lipinski definition) is 1. The number of carbonyl (C=O) groups excluding carboxylic acids is 1. The van der Waals surface area contributed by atoms with Gasteiger partial charge in [0.25, 0.3) is 0 Å². The first-order valence-electron chi connectivity index (χ1n) is 7.37. The highest BCUT2D eigenvalue weighted by Gasteiger charge is 2.20. The minimum atomic E-state index is 0.293. The van der Waals surface area contributed by atoms with Crippen molar-refractivity contribution < 1.29 is 4.79 Å². The summed E-state index contributed by atoms with van der Waals surface area (Å²) in [5.41, 5.74) is 0.